The van der Waals surface area contributed by atoms with Gasteiger partial charge in [-0.1, -0.05) is 13.0 Å². The molecule has 0 fully saturated rings. The van der Waals surface area contributed by atoms with Crippen LogP contribution in [-0.2, 0) is 0 Å². The molecule has 1 aromatic carbocycles. The fraction of sp³-hybridized carbons (Fsp3) is 0.364. The lowest BCUT2D eigenvalue weighted by Crippen LogP contribution is -2.33. The van der Waals surface area contributed by atoms with Crippen molar-refractivity contribution in [1.82, 2.24) is 5.32 Å². The van der Waals surface area contributed by atoms with Gasteiger partial charge in [-0.25, -0.2) is 4.79 Å². The van der Waals surface area contributed by atoms with Crippen LogP contribution in [0.4, 0.5) is 16.2 Å². The highest BCUT2D eigenvalue weighted by Crippen LogP contribution is 2.16. The number of nitrogens with one attached hydrogen (secondary N) is 2. The minimum Gasteiger partial charge on any atom is -0.396 e. The molecule has 7 nitrogen and oxygen atoms in total. The number of urea groups is 1. The van der Waals surface area contributed by atoms with Gasteiger partial charge in [0, 0.05) is 31.0 Å². The predicted molar refractivity (Wildman–Crippen MR) is 66.4 cm³/mol. The van der Waals surface area contributed by atoms with Gasteiger partial charge < -0.3 is 15.7 Å². The summed E-state index contributed by atoms with van der Waals surface area (Å²) in [7, 11) is 0. The smallest absolute Gasteiger partial charge is 0.319 e. The fourth-order valence-corrected chi connectivity index (χ4v) is 1.20. The molecule has 0 aromatic heterocycles. The number of aliphatic hydroxyl groups is 1. The number of anilines is 1. The van der Waals surface area contributed by atoms with Crippen LogP contribution in [0, 0.1) is 16.0 Å². The molecule has 0 aliphatic rings. The highest BCUT2D eigenvalue weighted by molar-refractivity contribution is 5.89. The average molecular weight is 253 g/mol. The Morgan fingerprint density at radius 3 is 2.89 bits per heavy atom. The van der Waals surface area contributed by atoms with Crippen molar-refractivity contribution < 1.29 is 14.8 Å². The van der Waals surface area contributed by atoms with Crippen molar-refractivity contribution in [2.75, 3.05) is 18.5 Å². The molecule has 1 aromatic rings. The number of hydrogen-bond acceptors (Lipinski definition) is 4. The van der Waals surface area contributed by atoms with Crippen LogP contribution < -0.4 is 10.6 Å². The second-order valence-corrected chi connectivity index (χ2v) is 3.93. The Bertz CT molecular complexity index is 436. The molecule has 0 saturated heterocycles. The van der Waals surface area contributed by atoms with E-state index in [2.05, 4.69) is 10.6 Å². The Morgan fingerprint density at radius 1 is 1.56 bits per heavy atom. The highest BCUT2D eigenvalue weighted by atomic mass is 16.6. The lowest BCUT2D eigenvalue weighted by Gasteiger charge is -2.10. The number of hydrogen-bond donors (Lipinski definition) is 3. The molecule has 0 spiro atoms. The van der Waals surface area contributed by atoms with Crippen molar-refractivity contribution in [2.24, 2.45) is 5.92 Å². The summed E-state index contributed by atoms with van der Waals surface area (Å²) in [5.41, 5.74) is 0.259. The van der Waals surface area contributed by atoms with E-state index in [4.69, 9.17) is 5.11 Å². The van der Waals surface area contributed by atoms with Crippen molar-refractivity contribution in [1.29, 1.82) is 0 Å². The third-order valence-corrected chi connectivity index (χ3v) is 2.24. The Morgan fingerprint density at radius 2 is 2.28 bits per heavy atom. The van der Waals surface area contributed by atoms with Crippen molar-refractivity contribution in [3.8, 4) is 0 Å². The number of nitro benzene ring substituents is 1. The number of nitrogens with zero attached hydrogens (tertiary/aromatic N) is 1. The first-order valence-electron chi connectivity index (χ1n) is 5.43. The van der Waals surface area contributed by atoms with Gasteiger partial charge in [-0.05, 0) is 12.0 Å². The number of non-ortho nitro benzene ring substituents is 1. The Kier molecular flexibility index (Phi) is 5.06. The van der Waals surface area contributed by atoms with Gasteiger partial charge in [0.25, 0.3) is 5.69 Å². The van der Waals surface area contributed by atoms with Gasteiger partial charge >= 0.3 is 6.03 Å². The minimum atomic E-state index is -0.531. The van der Waals surface area contributed by atoms with E-state index in [0.29, 0.717) is 12.2 Å². The summed E-state index contributed by atoms with van der Waals surface area (Å²) in [4.78, 5) is 21.5. The van der Waals surface area contributed by atoms with Crippen molar-refractivity contribution in [3.05, 3.63) is 34.4 Å². The molecule has 3 N–H and O–H groups in total. The van der Waals surface area contributed by atoms with Gasteiger partial charge in [-0.2, -0.15) is 0 Å². The second-order valence-electron chi connectivity index (χ2n) is 3.93. The summed E-state index contributed by atoms with van der Waals surface area (Å²) in [6, 6.07) is 5.20. The Labute approximate surface area is 104 Å². The van der Waals surface area contributed by atoms with Crippen LogP contribution in [0.2, 0.25) is 0 Å². The molecule has 0 heterocycles. The second kappa shape index (κ2) is 6.55. The summed E-state index contributed by atoms with van der Waals surface area (Å²) in [6.07, 6.45) is 0. The van der Waals surface area contributed by atoms with E-state index in [1.165, 1.54) is 18.2 Å². The van der Waals surface area contributed by atoms with Gasteiger partial charge in [0.1, 0.15) is 0 Å². The third-order valence-electron chi connectivity index (χ3n) is 2.24. The molecule has 1 atom stereocenters. The maximum absolute atomic E-state index is 11.4. The molecule has 1 rings (SSSR count). The number of benzene rings is 1. The van der Waals surface area contributed by atoms with Crippen LogP contribution in [0.15, 0.2) is 24.3 Å². The quantitative estimate of drug-likeness (QED) is 0.544. The van der Waals surface area contributed by atoms with Crippen LogP contribution in [0.3, 0.4) is 0 Å². The normalized spacial score (nSPS) is 11.7. The van der Waals surface area contributed by atoms with Crippen LogP contribution in [0.25, 0.3) is 0 Å². The number of carbonyl (C=O) groups is 1. The van der Waals surface area contributed by atoms with Crippen LogP contribution in [0.5, 0.6) is 0 Å². The lowest BCUT2D eigenvalue weighted by molar-refractivity contribution is -0.384. The first-order chi connectivity index (χ1) is 8.52. The number of rotatable bonds is 5. The predicted octanol–water partition coefficient (Wildman–Crippen LogP) is 1.34. The van der Waals surface area contributed by atoms with Gasteiger partial charge in [0.05, 0.1) is 4.92 Å². The molecule has 0 aliphatic carbocycles. The molecule has 0 aliphatic heterocycles. The summed E-state index contributed by atoms with van der Waals surface area (Å²) in [6.45, 7) is 2.10. The fourth-order valence-electron chi connectivity index (χ4n) is 1.20. The van der Waals surface area contributed by atoms with E-state index >= 15 is 0 Å². The Balaban J connectivity index is 2.54. The van der Waals surface area contributed by atoms with Gasteiger partial charge in [0.2, 0.25) is 0 Å². The van der Waals surface area contributed by atoms with Gasteiger partial charge in [-0.15, -0.1) is 0 Å². The number of amides is 2. The first-order valence-corrected chi connectivity index (χ1v) is 5.43. The third kappa shape index (κ3) is 4.38. The van der Waals surface area contributed by atoms with Crippen molar-refractivity contribution in [3.63, 3.8) is 0 Å². The number of aliphatic hydroxyl groups excluding tert-OH is 1. The van der Waals surface area contributed by atoms with Crippen LogP contribution >= 0.6 is 0 Å². The van der Waals surface area contributed by atoms with Crippen molar-refractivity contribution >= 4 is 17.4 Å². The first kappa shape index (κ1) is 13.9. The Hall–Kier alpha value is -2.15. The monoisotopic (exact) mass is 253 g/mol. The largest absolute Gasteiger partial charge is 0.396 e. The molecular weight excluding hydrogens is 238 g/mol. The molecule has 7 heteroatoms. The van der Waals surface area contributed by atoms with Gasteiger partial charge in [0.15, 0.2) is 0 Å². The van der Waals surface area contributed by atoms with E-state index in [-0.39, 0.29) is 18.2 Å². The summed E-state index contributed by atoms with van der Waals surface area (Å²) >= 11 is 0. The summed E-state index contributed by atoms with van der Waals surface area (Å²) in [5, 5.41) is 24.4. The molecular formula is C11H15N3O4. The standard InChI is InChI=1S/C11H15N3O4/c1-8(7-15)6-12-11(16)13-9-3-2-4-10(5-9)14(17)18/h2-5,8,15H,6-7H2,1H3,(H2,12,13,16). The van der Waals surface area contributed by atoms with E-state index in [9.17, 15) is 14.9 Å². The number of nitro groups is 1. The molecule has 1 unspecified atom stereocenters. The molecule has 0 radical (unpaired) electrons. The zero-order valence-electron chi connectivity index (χ0n) is 9.92. The molecule has 0 saturated carbocycles. The van der Waals surface area contributed by atoms with E-state index in [1.807, 2.05) is 0 Å². The van der Waals surface area contributed by atoms with E-state index in [0.717, 1.165) is 0 Å². The molecule has 18 heavy (non-hydrogen) atoms. The maximum atomic E-state index is 11.4. The SMILES string of the molecule is CC(CO)CNC(=O)Nc1cccc([N+](=O)[O-])c1. The zero-order chi connectivity index (χ0) is 13.5. The van der Waals surface area contributed by atoms with Crippen LogP contribution in [-0.4, -0.2) is 29.2 Å². The van der Waals surface area contributed by atoms with Gasteiger partial charge in [-0.3, -0.25) is 10.1 Å². The highest BCUT2D eigenvalue weighted by Gasteiger charge is 2.08. The number of carbonyl (C=O) groups excluding carboxylic acids is 1. The van der Waals surface area contributed by atoms with Crippen molar-refractivity contribution in [2.45, 2.75) is 6.92 Å². The average Bonchev–Trinajstić information content (AvgIpc) is 2.36. The maximum Gasteiger partial charge on any atom is 0.319 e. The molecule has 2 amide bonds. The van der Waals surface area contributed by atoms with E-state index in [1.54, 1.807) is 13.0 Å². The zero-order valence-corrected chi connectivity index (χ0v) is 9.92. The topological polar surface area (TPSA) is 104 Å². The van der Waals surface area contributed by atoms with E-state index < -0.39 is 11.0 Å². The molecule has 98 valence electrons. The molecule has 0 bridgehead atoms. The lowest BCUT2D eigenvalue weighted by atomic mass is 10.2. The minimum absolute atomic E-state index is 0.0168. The van der Waals surface area contributed by atoms with Crippen LogP contribution in [0.1, 0.15) is 6.92 Å². The summed E-state index contributed by atoms with van der Waals surface area (Å²) < 4.78 is 0. The summed E-state index contributed by atoms with van der Waals surface area (Å²) in [5.74, 6) is -0.0409.